The van der Waals surface area contributed by atoms with Gasteiger partial charge >= 0.3 is 0 Å². The standard InChI is InChI=1S/C14H12N4OS/c1-20-12-4-2-9(3-5-12)13-17-14(19-18-13)10-6-11(15)8-16-7-10/h2-8H,15H2,1H3. The zero-order valence-electron chi connectivity index (χ0n) is 10.8. The fourth-order valence-corrected chi connectivity index (χ4v) is 2.18. The van der Waals surface area contributed by atoms with Crippen molar-refractivity contribution >= 4 is 17.4 Å². The quantitative estimate of drug-likeness (QED) is 0.745. The Morgan fingerprint density at radius 3 is 2.60 bits per heavy atom. The molecule has 0 saturated carbocycles. The van der Waals surface area contributed by atoms with Gasteiger partial charge in [-0.2, -0.15) is 4.98 Å². The molecule has 0 amide bonds. The van der Waals surface area contributed by atoms with Gasteiger partial charge < -0.3 is 10.3 Å². The molecule has 0 aliphatic carbocycles. The van der Waals surface area contributed by atoms with Gasteiger partial charge in [0.1, 0.15) is 0 Å². The molecule has 3 aromatic rings. The number of benzene rings is 1. The molecular formula is C14H12N4OS. The molecule has 0 saturated heterocycles. The lowest BCUT2D eigenvalue weighted by atomic mass is 10.2. The Hall–Kier alpha value is -2.34. The van der Waals surface area contributed by atoms with Gasteiger partial charge in [0.2, 0.25) is 5.82 Å². The zero-order chi connectivity index (χ0) is 13.9. The molecule has 2 N–H and O–H groups in total. The molecule has 0 bridgehead atoms. The van der Waals surface area contributed by atoms with E-state index in [-0.39, 0.29) is 0 Å². The Bertz CT molecular complexity index is 724. The minimum absolute atomic E-state index is 0.411. The molecule has 1 aromatic carbocycles. The summed E-state index contributed by atoms with van der Waals surface area (Å²) in [5, 5.41) is 3.99. The Kier molecular flexibility index (Phi) is 3.39. The minimum atomic E-state index is 0.411. The van der Waals surface area contributed by atoms with E-state index in [0.717, 1.165) is 5.56 Å². The minimum Gasteiger partial charge on any atom is -0.397 e. The highest BCUT2D eigenvalue weighted by molar-refractivity contribution is 7.98. The summed E-state index contributed by atoms with van der Waals surface area (Å²) in [6.45, 7) is 0. The van der Waals surface area contributed by atoms with Gasteiger partial charge in [-0.1, -0.05) is 5.16 Å². The average Bonchev–Trinajstić information content (AvgIpc) is 2.97. The fraction of sp³-hybridized carbons (Fsp3) is 0.0714. The molecule has 0 fully saturated rings. The highest BCUT2D eigenvalue weighted by Crippen LogP contribution is 2.24. The average molecular weight is 284 g/mol. The van der Waals surface area contributed by atoms with Crippen LogP contribution >= 0.6 is 11.8 Å². The van der Waals surface area contributed by atoms with E-state index in [9.17, 15) is 0 Å². The molecular weight excluding hydrogens is 272 g/mol. The highest BCUT2D eigenvalue weighted by Gasteiger charge is 2.11. The summed E-state index contributed by atoms with van der Waals surface area (Å²) in [5.41, 5.74) is 7.88. The lowest BCUT2D eigenvalue weighted by Crippen LogP contribution is -1.87. The maximum absolute atomic E-state index is 5.69. The predicted molar refractivity (Wildman–Crippen MR) is 79.2 cm³/mol. The van der Waals surface area contributed by atoms with Gasteiger partial charge in [-0.25, -0.2) is 0 Å². The molecule has 5 nitrogen and oxygen atoms in total. The summed E-state index contributed by atoms with van der Waals surface area (Å²) in [7, 11) is 0. The number of thioether (sulfide) groups is 1. The third-order valence-corrected chi connectivity index (χ3v) is 3.52. The molecule has 0 aliphatic heterocycles. The van der Waals surface area contributed by atoms with Crippen LogP contribution in [0.15, 0.2) is 52.1 Å². The van der Waals surface area contributed by atoms with E-state index >= 15 is 0 Å². The smallest absolute Gasteiger partial charge is 0.259 e. The first-order chi connectivity index (χ1) is 9.76. The number of hydrogen-bond acceptors (Lipinski definition) is 6. The number of anilines is 1. The molecule has 0 unspecified atom stereocenters. The molecule has 6 heteroatoms. The molecule has 2 aromatic heterocycles. The number of pyridine rings is 1. The summed E-state index contributed by atoms with van der Waals surface area (Å²) >= 11 is 1.69. The molecule has 0 aliphatic rings. The van der Waals surface area contributed by atoms with E-state index in [1.165, 1.54) is 4.90 Å². The molecule has 0 atom stereocenters. The van der Waals surface area contributed by atoms with E-state index in [0.29, 0.717) is 23.0 Å². The van der Waals surface area contributed by atoms with Crippen molar-refractivity contribution in [2.24, 2.45) is 0 Å². The van der Waals surface area contributed by atoms with Gasteiger partial charge in [-0.3, -0.25) is 4.98 Å². The number of nitrogens with zero attached hydrogens (tertiary/aromatic N) is 3. The van der Waals surface area contributed by atoms with Crippen molar-refractivity contribution < 1.29 is 4.52 Å². The monoisotopic (exact) mass is 284 g/mol. The Morgan fingerprint density at radius 2 is 1.90 bits per heavy atom. The van der Waals surface area contributed by atoms with Gasteiger partial charge in [0.05, 0.1) is 11.3 Å². The lowest BCUT2D eigenvalue weighted by Gasteiger charge is -1.97. The van der Waals surface area contributed by atoms with E-state index in [2.05, 4.69) is 15.1 Å². The largest absolute Gasteiger partial charge is 0.397 e. The van der Waals surface area contributed by atoms with Gasteiger partial charge in [-0.15, -0.1) is 11.8 Å². The third kappa shape index (κ3) is 2.50. The van der Waals surface area contributed by atoms with Gasteiger partial charge in [0.15, 0.2) is 0 Å². The maximum Gasteiger partial charge on any atom is 0.259 e. The number of nitrogens with two attached hydrogens (primary N) is 1. The van der Waals surface area contributed by atoms with Crippen LogP contribution in [0.5, 0.6) is 0 Å². The van der Waals surface area contributed by atoms with E-state index in [1.54, 1.807) is 30.2 Å². The van der Waals surface area contributed by atoms with Crippen LogP contribution in [0.25, 0.3) is 22.8 Å². The molecule has 20 heavy (non-hydrogen) atoms. The van der Waals surface area contributed by atoms with Gasteiger partial charge in [-0.05, 0) is 36.6 Å². The highest BCUT2D eigenvalue weighted by atomic mass is 32.2. The Morgan fingerprint density at radius 1 is 1.10 bits per heavy atom. The number of hydrogen-bond donors (Lipinski definition) is 1. The fourth-order valence-electron chi connectivity index (χ4n) is 1.77. The molecule has 3 rings (SSSR count). The van der Waals surface area contributed by atoms with Crippen LogP contribution < -0.4 is 5.73 Å². The van der Waals surface area contributed by atoms with Crippen LogP contribution in [0, 0.1) is 0 Å². The van der Waals surface area contributed by atoms with Crippen molar-refractivity contribution in [3.8, 4) is 22.8 Å². The maximum atomic E-state index is 5.69. The van der Waals surface area contributed by atoms with Crippen molar-refractivity contribution in [3.63, 3.8) is 0 Å². The first-order valence-corrected chi connectivity index (χ1v) is 7.18. The first kappa shape index (κ1) is 12.7. The Balaban J connectivity index is 1.93. The van der Waals surface area contributed by atoms with Gasteiger partial charge in [0, 0.05) is 22.9 Å². The van der Waals surface area contributed by atoms with E-state index in [4.69, 9.17) is 10.3 Å². The van der Waals surface area contributed by atoms with Crippen LogP contribution in [0.2, 0.25) is 0 Å². The molecule has 0 spiro atoms. The van der Waals surface area contributed by atoms with Crippen LogP contribution in [0.1, 0.15) is 0 Å². The second-order valence-corrected chi connectivity index (χ2v) is 5.04. The predicted octanol–water partition coefficient (Wildman–Crippen LogP) is 3.10. The van der Waals surface area contributed by atoms with E-state index in [1.807, 2.05) is 30.5 Å². The first-order valence-electron chi connectivity index (χ1n) is 5.95. The lowest BCUT2D eigenvalue weighted by molar-refractivity contribution is 0.432. The van der Waals surface area contributed by atoms with Crippen molar-refractivity contribution in [1.29, 1.82) is 0 Å². The molecule has 0 radical (unpaired) electrons. The zero-order valence-corrected chi connectivity index (χ0v) is 11.6. The number of nitrogen functional groups attached to an aromatic ring is 1. The van der Waals surface area contributed by atoms with Crippen LogP contribution in [-0.2, 0) is 0 Å². The van der Waals surface area contributed by atoms with Crippen LogP contribution in [0.3, 0.4) is 0 Å². The number of aromatic nitrogens is 3. The normalized spacial score (nSPS) is 10.7. The summed E-state index contributed by atoms with van der Waals surface area (Å²) in [6.07, 6.45) is 5.25. The van der Waals surface area contributed by atoms with E-state index < -0.39 is 0 Å². The van der Waals surface area contributed by atoms with Crippen molar-refractivity contribution in [1.82, 2.24) is 15.1 Å². The summed E-state index contributed by atoms with van der Waals surface area (Å²) in [6, 6.07) is 9.74. The van der Waals surface area contributed by atoms with Crippen molar-refractivity contribution in [2.75, 3.05) is 12.0 Å². The number of rotatable bonds is 3. The second kappa shape index (κ2) is 5.34. The SMILES string of the molecule is CSc1ccc(-c2noc(-c3cncc(N)c3)n2)cc1. The second-order valence-electron chi connectivity index (χ2n) is 4.16. The third-order valence-electron chi connectivity index (χ3n) is 2.78. The summed E-state index contributed by atoms with van der Waals surface area (Å²) in [4.78, 5) is 9.57. The Labute approximate surface area is 120 Å². The van der Waals surface area contributed by atoms with Crippen LogP contribution in [0.4, 0.5) is 5.69 Å². The van der Waals surface area contributed by atoms with Gasteiger partial charge in [0.25, 0.3) is 5.89 Å². The molecule has 100 valence electrons. The van der Waals surface area contributed by atoms with Crippen LogP contribution in [-0.4, -0.2) is 21.4 Å². The molecule has 2 heterocycles. The van der Waals surface area contributed by atoms with Crippen molar-refractivity contribution in [2.45, 2.75) is 4.90 Å². The summed E-state index contributed by atoms with van der Waals surface area (Å²) in [5.74, 6) is 0.962. The topological polar surface area (TPSA) is 77.8 Å². The van der Waals surface area contributed by atoms with Crippen molar-refractivity contribution in [3.05, 3.63) is 42.7 Å². The summed E-state index contributed by atoms with van der Waals surface area (Å²) < 4.78 is 5.25.